The number of benzene rings is 1. The van der Waals surface area contributed by atoms with Crippen LogP contribution in [-0.4, -0.2) is 38.3 Å². The predicted octanol–water partition coefficient (Wildman–Crippen LogP) is 1.77. The molecule has 1 aromatic heterocycles. The third kappa shape index (κ3) is 2.84. The van der Waals surface area contributed by atoms with E-state index in [1.54, 1.807) is 0 Å². The zero-order valence-electron chi connectivity index (χ0n) is 12.6. The molecule has 2 aromatic rings. The molecule has 1 aromatic carbocycles. The van der Waals surface area contributed by atoms with Gasteiger partial charge in [0, 0.05) is 19.5 Å². The van der Waals surface area contributed by atoms with Gasteiger partial charge in [0.15, 0.2) is 0 Å². The first-order valence-corrected chi connectivity index (χ1v) is 7.52. The van der Waals surface area contributed by atoms with E-state index >= 15 is 0 Å². The fourth-order valence-electron chi connectivity index (χ4n) is 3.10. The molecule has 1 aliphatic heterocycles. The Morgan fingerprint density at radius 1 is 1.38 bits per heavy atom. The van der Waals surface area contributed by atoms with Crippen molar-refractivity contribution in [1.29, 1.82) is 0 Å². The molecule has 0 spiro atoms. The number of rotatable bonds is 4. The van der Waals surface area contributed by atoms with Gasteiger partial charge in [0.05, 0.1) is 6.54 Å². The van der Waals surface area contributed by atoms with E-state index in [-0.39, 0.29) is 0 Å². The van der Waals surface area contributed by atoms with Gasteiger partial charge in [0.1, 0.15) is 17.2 Å². The molecule has 2 heterocycles. The van der Waals surface area contributed by atoms with Crippen LogP contribution in [0.3, 0.4) is 0 Å². The van der Waals surface area contributed by atoms with Crippen LogP contribution < -0.4 is 0 Å². The maximum Gasteiger partial charge on any atom is 0.150 e. The van der Waals surface area contributed by atoms with Gasteiger partial charge in [-0.1, -0.05) is 31.2 Å². The summed E-state index contributed by atoms with van der Waals surface area (Å²) < 4.78 is 0. The maximum absolute atomic E-state index is 11.0. The SMILES string of the molecule is CCc1n[nH]c(CN2CCC(O)(c3ccccc3C)C2)n1. The summed E-state index contributed by atoms with van der Waals surface area (Å²) in [6.45, 7) is 6.31. The molecule has 0 amide bonds. The summed E-state index contributed by atoms with van der Waals surface area (Å²) in [5.74, 6) is 1.72. The van der Waals surface area contributed by atoms with E-state index in [0.29, 0.717) is 13.1 Å². The lowest BCUT2D eigenvalue weighted by Gasteiger charge is -2.25. The fourth-order valence-corrected chi connectivity index (χ4v) is 3.10. The zero-order valence-corrected chi connectivity index (χ0v) is 12.6. The first-order chi connectivity index (χ1) is 10.1. The van der Waals surface area contributed by atoms with Crippen molar-refractivity contribution >= 4 is 0 Å². The number of aromatic amines is 1. The molecule has 21 heavy (non-hydrogen) atoms. The Hall–Kier alpha value is -1.72. The van der Waals surface area contributed by atoms with Crippen molar-refractivity contribution in [2.45, 2.75) is 38.8 Å². The Bertz CT molecular complexity index is 624. The van der Waals surface area contributed by atoms with Crippen LogP contribution >= 0.6 is 0 Å². The van der Waals surface area contributed by atoms with Gasteiger partial charge in [0.2, 0.25) is 0 Å². The highest BCUT2D eigenvalue weighted by Gasteiger charge is 2.38. The number of hydrogen-bond donors (Lipinski definition) is 2. The van der Waals surface area contributed by atoms with Crippen molar-refractivity contribution in [2.24, 2.45) is 0 Å². The number of β-amino-alcohol motifs (C(OH)–C–C–N with tert-alkyl or cyclic N) is 1. The topological polar surface area (TPSA) is 65.0 Å². The fraction of sp³-hybridized carbons (Fsp3) is 0.500. The molecule has 5 nitrogen and oxygen atoms in total. The summed E-state index contributed by atoms with van der Waals surface area (Å²) in [5, 5.41) is 18.1. The largest absolute Gasteiger partial charge is 0.384 e. The number of aryl methyl sites for hydroxylation is 2. The molecule has 0 aliphatic carbocycles. The van der Waals surface area contributed by atoms with Gasteiger partial charge in [-0.15, -0.1) is 0 Å². The molecule has 1 aliphatic rings. The van der Waals surface area contributed by atoms with Crippen molar-refractivity contribution in [2.75, 3.05) is 13.1 Å². The molecule has 3 rings (SSSR count). The lowest BCUT2D eigenvalue weighted by atomic mass is 9.89. The summed E-state index contributed by atoms with van der Waals surface area (Å²) in [7, 11) is 0. The molecule has 2 N–H and O–H groups in total. The summed E-state index contributed by atoms with van der Waals surface area (Å²) in [5.41, 5.74) is 1.44. The van der Waals surface area contributed by atoms with Crippen LogP contribution in [0.15, 0.2) is 24.3 Å². The second-order valence-corrected chi connectivity index (χ2v) is 5.86. The van der Waals surface area contributed by atoms with Crippen LogP contribution in [0, 0.1) is 6.92 Å². The summed E-state index contributed by atoms with van der Waals surface area (Å²) in [6.07, 6.45) is 1.59. The Morgan fingerprint density at radius 2 is 2.19 bits per heavy atom. The monoisotopic (exact) mass is 286 g/mol. The molecule has 0 bridgehead atoms. The molecular weight excluding hydrogens is 264 g/mol. The van der Waals surface area contributed by atoms with Crippen LogP contribution in [-0.2, 0) is 18.6 Å². The van der Waals surface area contributed by atoms with Gasteiger partial charge in [-0.2, -0.15) is 5.10 Å². The highest BCUT2D eigenvalue weighted by molar-refractivity contribution is 5.32. The number of aliphatic hydroxyl groups is 1. The van der Waals surface area contributed by atoms with Gasteiger partial charge in [0.25, 0.3) is 0 Å². The van der Waals surface area contributed by atoms with Crippen LogP contribution in [0.25, 0.3) is 0 Å². The molecule has 1 atom stereocenters. The maximum atomic E-state index is 11.0. The molecule has 1 fully saturated rings. The minimum atomic E-state index is -0.751. The van der Waals surface area contributed by atoms with E-state index in [2.05, 4.69) is 33.1 Å². The molecule has 5 heteroatoms. The lowest BCUT2D eigenvalue weighted by molar-refractivity contribution is 0.0444. The number of hydrogen-bond acceptors (Lipinski definition) is 4. The predicted molar refractivity (Wildman–Crippen MR) is 80.7 cm³/mol. The first-order valence-electron chi connectivity index (χ1n) is 7.52. The quantitative estimate of drug-likeness (QED) is 0.899. The van der Waals surface area contributed by atoms with E-state index < -0.39 is 5.60 Å². The van der Waals surface area contributed by atoms with Crippen molar-refractivity contribution in [3.05, 3.63) is 47.0 Å². The lowest BCUT2D eigenvalue weighted by Crippen LogP contribution is -2.31. The minimum Gasteiger partial charge on any atom is -0.384 e. The minimum absolute atomic E-state index is 0.639. The van der Waals surface area contributed by atoms with E-state index in [0.717, 1.165) is 42.2 Å². The number of H-pyrrole nitrogens is 1. The average Bonchev–Trinajstić information content (AvgIpc) is 3.07. The molecule has 1 unspecified atom stereocenters. The number of nitrogens with one attached hydrogen (secondary N) is 1. The molecule has 1 saturated heterocycles. The number of aromatic nitrogens is 3. The van der Waals surface area contributed by atoms with Gasteiger partial charge in [-0.05, 0) is 24.5 Å². The summed E-state index contributed by atoms with van der Waals surface area (Å²) in [6, 6.07) is 8.09. The van der Waals surface area contributed by atoms with Gasteiger partial charge in [-0.3, -0.25) is 10.00 Å². The van der Waals surface area contributed by atoms with Crippen LogP contribution in [0.1, 0.15) is 36.1 Å². The number of nitrogens with zero attached hydrogens (tertiary/aromatic N) is 3. The third-order valence-electron chi connectivity index (χ3n) is 4.24. The van der Waals surface area contributed by atoms with Gasteiger partial charge in [-0.25, -0.2) is 4.98 Å². The molecule has 0 radical (unpaired) electrons. The normalized spacial score (nSPS) is 22.8. The number of likely N-dealkylation sites (tertiary alicyclic amines) is 1. The summed E-state index contributed by atoms with van der Waals surface area (Å²) in [4.78, 5) is 6.67. The Labute approximate surface area is 125 Å². The molecule has 112 valence electrons. The molecular formula is C16H22N4O. The average molecular weight is 286 g/mol. The third-order valence-corrected chi connectivity index (χ3v) is 4.24. The van der Waals surface area contributed by atoms with E-state index in [1.165, 1.54) is 0 Å². The first kappa shape index (κ1) is 14.2. The van der Waals surface area contributed by atoms with Gasteiger partial charge < -0.3 is 5.11 Å². The standard InChI is InChI=1S/C16H22N4O/c1-3-14-17-15(19-18-14)10-20-9-8-16(21,11-20)13-7-5-4-6-12(13)2/h4-7,21H,3,8-11H2,1-2H3,(H,17,18,19). The van der Waals surface area contributed by atoms with Crippen molar-refractivity contribution < 1.29 is 5.11 Å². The summed E-state index contributed by atoms with van der Waals surface area (Å²) >= 11 is 0. The molecule has 0 saturated carbocycles. The highest BCUT2D eigenvalue weighted by atomic mass is 16.3. The van der Waals surface area contributed by atoms with E-state index in [4.69, 9.17) is 0 Å². The van der Waals surface area contributed by atoms with Crippen molar-refractivity contribution in [3.8, 4) is 0 Å². The van der Waals surface area contributed by atoms with Crippen molar-refractivity contribution in [1.82, 2.24) is 20.1 Å². The Morgan fingerprint density at radius 3 is 2.90 bits per heavy atom. The highest BCUT2D eigenvalue weighted by Crippen LogP contribution is 2.34. The van der Waals surface area contributed by atoms with Crippen LogP contribution in [0.5, 0.6) is 0 Å². The van der Waals surface area contributed by atoms with Crippen LogP contribution in [0.2, 0.25) is 0 Å². The van der Waals surface area contributed by atoms with Crippen LogP contribution in [0.4, 0.5) is 0 Å². The Kier molecular flexibility index (Phi) is 3.78. The van der Waals surface area contributed by atoms with E-state index in [1.807, 2.05) is 25.1 Å². The smallest absolute Gasteiger partial charge is 0.150 e. The second-order valence-electron chi connectivity index (χ2n) is 5.86. The van der Waals surface area contributed by atoms with Crippen molar-refractivity contribution in [3.63, 3.8) is 0 Å². The second kappa shape index (κ2) is 5.58. The van der Waals surface area contributed by atoms with E-state index in [9.17, 15) is 5.11 Å². The zero-order chi connectivity index (χ0) is 14.9. The van der Waals surface area contributed by atoms with Gasteiger partial charge >= 0.3 is 0 Å². The Balaban J connectivity index is 1.71.